The first-order valence-electron chi connectivity index (χ1n) is 6.39. The molecule has 4 nitrogen and oxygen atoms in total. The van der Waals surface area contributed by atoms with Gasteiger partial charge in [0.05, 0.1) is 11.1 Å². The molecule has 1 aliphatic heterocycles. The molecule has 0 amide bonds. The number of alkyl halides is 3. The molecule has 22 heavy (non-hydrogen) atoms. The van der Waals surface area contributed by atoms with Crippen molar-refractivity contribution in [2.75, 3.05) is 0 Å². The van der Waals surface area contributed by atoms with Crippen LogP contribution in [0.2, 0.25) is 0 Å². The van der Waals surface area contributed by atoms with Crippen LogP contribution in [0.4, 0.5) is 13.2 Å². The molecule has 3 N–H and O–H groups in total. The molecule has 0 bridgehead atoms. The predicted octanol–water partition coefficient (Wildman–Crippen LogP) is 3.00. The van der Waals surface area contributed by atoms with Crippen molar-refractivity contribution in [3.05, 3.63) is 65.3 Å². The summed E-state index contributed by atoms with van der Waals surface area (Å²) in [6.07, 6.45) is -2.24. The maximum Gasteiger partial charge on any atom is 0.416 e. The average molecular weight is 308 g/mol. The van der Waals surface area contributed by atoms with Crippen molar-refractivity contribution < 1.29 is 22.7 Å². The fourth-order valence-electron chi connectivity index (χ4n) is 2.35. The molecule has 1 aliphatic rings. The van der Waals surface area contributed by atoms with Crippen LogP contribution in [0.25, 0.3) is 5.57 Å². The van der Waals surface area contributed by atoms with Gasteiger partial charge in [-0.15, -0.1) is 0 Å². The Bertz CT molecular complexity index is 748. The van der Waals surface area contributed by atoms with Gasteiger partial charge in [-0.25, -0.2) is 0 Å². The van der Waals surface area contributed by atoms with Gasteiger partial charge in [-0.05, 0) is 23.8 Å². The van der Waals surface area contributed by atoms with E-state index in [1.54, 1.807) is 18.5 Å². The second kappa shape index (κ2) is 4.94. The number of carbonyl (C=O) groups excluding carboxylic acids is 1. The van der Waals surface area contributed by atoms with E-state index in [-0.39, 0.29) is 17.0 Å². The lowest BCUT2D eigenvalue weighted by molar-refractivity contribution is -0.137. The number of nitrogens with one attached hydrogen (secondary N) is 1. The smallest absolute Gasteiger partial charge is 0.416 e. The first-order chi connectivity index (χ1) is 10.4. The molecule has 0 saturated heterocycles. The summed E-state index contributed by atoms with van der Waals surface area (Å²) < 4.78 is 43.7. The third-order valence-corrected chi connectivity index (χ3v) is 3.38. The zero-order chi connectivity index (χ0) is 15.9. The summed E-state index contributed by atoms with van der Waals surface area (Å²) >= 11 is 0. The second-order valence-corrected chi connectivity index (χ2v) is 4.82. The molecule has 1 unspecified atom stereocenters. The summed E-state index contributed by atoms with van der Waals surface area (Å²) in [5, 5.41) is 0. The highest BCUT2D eigenvalue weighted by molar-refractivity contribution is 6.25. The molecule has 7 heteroatoms. The largest absolute Gasteiger partial charge is 0.462 e. The molecular weight excluding hydrogens is 297 g/mol. The molecule has 2 aromatic rings. The summed E-state index contributed by atoms with van der Waals surface area (Å²) in [6.45, 7) is 0. The van der Waals surface area contributed by atoms with Crippen molar-refractivity contribution in [3.63, 3.8) is 0 Å². The number of H-pyrrole nitrogens is 1. The summed E-state index contributed by atoms with van der Waals surface area (Å²) in [7, 11) is 0. The van der Waals surface area contributed by atoms with Crippen LogP contribution in [-0.4, -0.2) is 10.8 Å². The predicted molar refractivity (Wildman–Crippen MR) is 72.2 cm³/mol. The maximum absolute atomic E-state index is 12.8. The SMILES string of the molecule is NC1=C(c2cccc(C(F)(F)F)c2)C(=O)C(c2cc[nH]c2)O1. The molecule has 1 aromatic carbocycles. The molecule has 1 aromatic heterocycles. The molecular formula is C15H11F3N2O2. The van der Waals surface area contributed by atoms with Crippen LogP contribution in [0.15, 0.2) is 48.6 Å². The average Bonchev–Trinajstić information content (AvgIpc) is 3.06. The topological polar surface area (TPSA) is 68.1 Å². The fourth-order valence-corrected chi connectivity index (χ4v) is 2.35. The molecule has 3 rings (SSSR count). The number of ketones is 1. The van der Waals surface area contributed by atoms with E-state index >= 15 is 0 Å². The summed E-state index contributed by atoms with van der Waals surface area (Å²) in [5.41, 5.74) is 5.49. The molecule has 114 valence electrons. The Morgan fingerprint density at radius 1 is 1.23 bits per heavy atom. The molecule has 0 spiro atoms. The van der Waals surface area contributed by atoms with Gasteiger partial charge in [0.1, 0.15) is 0 Å². The number of aromatic amines is 1. The number of carbonyl (C=O) groups is 1. The Labute approximate surface area is 123 Å². The van der Waals surface area contributed by atoms with Crippen molar-refractivity contribution in [3.8, 4) is 0 Å². The van der Waals surface area contributed by atoms with Crippen LogP contribution in [0.5, 0.6) is 0 Å². The van der Waals surface area contributed by atoms with Crippen molar-refractivity contribution in [2.45, 2.75) is 12.3 Å². The summed E-state index contributed by atoms with van der Waals surface area (Å²) in [5.74, 6) is -0.632. The Kier molecular flexibility index (Phi) is 3.20. The molecule has 1 atom stereocenters. The minimum absolute atomic E-state index is 0.0303. The van der Waals surface area contributed by atoms with Gasteiger partial charge in [-0.3, -0.25) is 4.79 Å². The molecule has 0 radical (unpaired) electrons. The van der Waals surface area contributed by atoms with Crippen molar-refractivity contribution in [1.29, 1.82) is 0 Å². The number of nitrogens with two attached hydrogens (primary N) is 1. The lowest BCUT2D eigenvalue weighted by Crippen LogP contribution is -2.10. The lowest BCUT2D eigenvalue weighted by atomic mass is 9.97. The number of rotatable bonds is 2. The Morgan fingerprint density at radius 2 is 2.00 bits per heavy atom. The number of benzene rings is 1. The minimum Gasteiger partial charge on any atom is -0.462 e. The van der Waals surface area contributed by atoms with Crippen LogP contribution < -0.4 is 5.73 Å². The van der Waals surface area contributed by atoms with E-state index in [4.69, 9.17) is 10.5 Å². The monoisotopic (exact) mass is 308 g/mol. The van der Waals surface area contributed by atoms with Crippen LogP contribution in [0.1, 0.15) is 22.8 Å². The Hall–Kier alpha value is -2.70. The third kappa shape index (κ3) is 2.34. The van der Waals surface area contributed by atoms with Gasteiger partial charge in [0, 0.05) is 18.0 Å². The number of aromatic nitrogens is 1. The van der Waals surface area contributed by atoms with E-state index < -0.39 is 23.6 Å². The quantitative estimate of drug-likeness (QED) is 0.896. The highest BCUT2D eigenvalue weighted by Crippen LogP contribution is 2.38. The minimum atomic E-state index is -4.49. The van der Waals surface area contributed by atoms with Crippen molar-refractivity contribution in [2.24, 2.45) is 5.73 Å². The van der Waals surface area contributed by atoms with Gasteiger partial charge in [0.25, 0.3) is 0 Å². The lowest BCUT2D eigenvalue weighted by Gasteiger charge is -2.09. The number of ether oxygens (including phenoxy) is 1. The number of halogens is 3. The molecule has 0 saturated carbocycles. The molecule has 2 heterocycles. The van der Waals surface area contributed by atoms with Gasteiger partial charge in [0.2, 0.25) is 5.78 Å². The van der Waals surface area contributed by atoms with E-state index in [0.717, 1.165) is 12.1 Å². The zero-order valence-electron chi connectivity index (χ0n) is 11.1. The third-order valence-electron chi connectivity index (χ3n) is 3.38. The maximum atomic E-state index is 12.8. The highest BCUT2D eigenvalue weighted by Gasteiger charge is 2.37. The number of hydrogen-bond acceptors (Lipinski definition) is 3. The van der Waals surface area contributed by atoms with Gasteiger partial charge < -0.3 is 15.5 Å². The van der Waals surface area contributed by atoms with E-state index in [2.05, 4.69) is 4.98 Å². The molecule has 0 fully saturated rings. The first kappa shape index (κ1) is 14.2. The fraction of sp³-hybridized carbons (Fsp3) is 0.133. The number of Topliss-reactive ketones (excluding diaryl/α,β-unsaturated/α-hetero) is 1. The van der Waals surface area contributed by atoms with Crippen LogP contribution >= 0.6 is 0 Å². The van der Waals surface area contributed by atoms with Crippen LogP contribution in [0.3, 0.4) is 0 Å². The van der Waals surface area contributed by atoms with E-state index in [1.807, 2.05) is 0 Å². The summed E-state index contributed by atoms with van der Waals surface area (Å²) in [6, 6.07) is 6.10. The van der Waals surface area contributed by atoms with Gasteiger partial charge in [0.15, 0.2) is 12.0 Å². The summed E-state index contributed by atoms with van der Waals surface area (Å²) in [4.78, 5) is 15.2. The van der Waals surface area contributed by atoms with Gasteiger partial charge >= 0.3 is 6.18 Å². The van der Waals surface area contributed by atoms with Crippen LogP contribution in [-0.2, 0) is 15.7 Å². The van der Waals surface area contributed by atoms with Crippen molar-refractivity contribution in [1.82, 2.24) is 4.98 Å². The second-order valence-electron chi connectivity index (χ2n) is 4.82. The van der Waals surface area contributed by atoms with Crippen molar-refractivity contribution >= 4 is 11.4 Å². The zero-order valence-corrected chi connectivity index (χ0v) is 11.1. The van der Waals surface area contributed by atoms with E-state index in [9.17, 15) is 18.0 Å². The highest BCUT2D eigenvalue weighted by atomic mass is 19.4. The standard InChI is InChI=1S/C15H11F3N2O2/c16-15(17,18)10-3-1-2-8(6-10)11-12(21)13(22-14(11)19)9-4-5-20-7-9/h1-7,13,20H,19H2. The molecule has 0 aliphatic carbocycles. The van der Waals surface area contributed by atoms with Gasteiger partial charge in [-0.1, -0.05) is 12.1 Å². The first-order valence-corrected chi connectivity index (χ1v) is 6.39. The van der Waals surface area contributed by atoms with E-state index in [1.165, 1.54) is 12.1 Å². The Morgan fingerprint density at radius 3 is 2.64 bits per heavy atom. The van der Waals surface area contributed by atoms with E-state index in [0.29, 0.717) is 5.56 Å². The van der Waals surface area contributed by atoms with Crippen LogP contribution in [0, 0.1) is 0 Å². The normalized spacial score (nSPS) is 18.7. The van der Waals surface area contributed by atoms with Gasteiger partial charge in [-0.2, -0.15) is 13.2 Å². The Balaban J connectivity index is 1.98. The number of hydrogen-bond donors (Lipinski definition) is 2.